The fourth-order valence-electron chi connectivity index (χ4n) is 3.70. The Balaban J connectivity index is 1.59. The molecule has 0 saturated carbocycles. The van der Waals surface area contributed by atoms with Gasteiger partial charge in [0.15, 0.2) is 0 Å². The molecule has 25 heavy (non-hydrogen) atoms. The van der Waals surface area contributed by atoms with Crippen molar-refractivity contribution in [2.75, 3.05) is 28.8 Å². The number of piperidine rings is 1. The highest BCUT2D eigenvalue weighted by atomic mass is 32.2. The summed E-state index contributed by atoms with van der Waals surface area (Å²) >= 11 is 0. The van der Waals surface area contributed by atoms with Gasteiger partial charge in [-0.05, 0) is 43.9 Å². The summed E-state index contributed by atoms with van der Waals surface area (Å²) in [6, 6.07) is 9.64. The van der Waals surface area contributed by atoms with E-state index in [1.807, 2.05) is 42.2 Å². The van der Waals surface area contributed by atoms with Crippen molar-refractivity contribution in [3.8, 4) is 0 Å². The lowest BCUT2D eigenvalue weighted by Crippen LogP contribution is -2.48. The Morgan fingerprint density at radius 2 is 2.00 bits per heavy atom. The molecule has 0 N–H and O–H groups in total. The van der Waals surface area contributed by atoms with E-state index in [1.54, 1.807) is 10.5 Å². The zero-order valence-electron chi connectivity index (χ0n) is 14.3. The van der Waals surface area contributed by atoms with Crippen molar-refractivity contribution in [3.05, 3.63) is 47.8 Å². The van der Waals surface area contributed by atoms with Gasteiger partial charge >= 0.3 is 0 Å². The minimum absolute atomic E-state index is 0.420. The van der Waals surface area contributed by atoms with Crippen LogP contribution in [0.5, 0.6) is 0 Å². The summed E-state index contributed by atoms with van der Waals surface area (Å²) in [5.74, 6) is 0.627. The number of hydrogen-bond donors (Lipinski definition) is 0. The number of aromatic nitrogens is 2. The number of nitrogens with zero attached hydrogens (tertiary/aromatic N) is 4. The van der Waals surface area contributed by atoms with Crippen molar-refractivity contribution in [1.29, 1.82) is 0 Å². The minimum Gasteiger partial charge on any atom is -0.339 e. The summed E-state index contributed by atoms with van der Waals surface area (Å²) in [7, 11) is -3.39. The SMILES string of the molecule is Cc1ccnc(N2CCCC(S(=O)(=O)N3CCc4ccccc43)C2)n1. The monoisotopic (exact) mass is 358 g/mol. The van der Waals surface area contributed by atoms with E-state index in [9.17, 15) is 8.42 Å². The Kier molecular flexibility index (Phi) is 4.11. The number of benzene rings is 1. The molecule has 1 fully saturated rings. The van der Waals surface area contributed by atoms with Gasteiger partial charge in [0.05, 0.1) is 10.9 Å². The molecule has 6 nitrogen and oxygen atoms in total. The van der Waals surface area contributed by atoms with Gasteiger partial charge in [0.2, 0.25) is 16.0 Å². The van der Waals surface area contributed by atoms with Crippen LogP contribution in [0.4, 0.5) is 11.6 Å². The molecule has 4 rings (SSSR count). The molecule has 132 valence electrons. The molecule has 7 heteroatoms. The Labute approximate surface area is 148 Å². The largest absolute Gasteiger partial charge is 0.339 e. The molecule has 1 atom stereocenters. The number of sulfonamides is 1. The fourth-order valence-corrected chi connectivity index (χ4v) is 5.69. The summed E-state index contributed by atoms with van der Waals surface area (Å²) in [6.07, 6.45) is 4.03. The summed E-state index contributed by atoms with van der Waals surface area (Å²) < 4.78 is 28.1. The second kappa shape index (κ2) is 6.29. The molecule has 1 aromatic carbocycles. The van der Waals surface area contributed by atoms with Crippen molar-refractivity contribution in [1.82, 2.24) is 9.97 Å². The quantitative estimate of drug-likeness (QED) is 0.841. The van der Waals surface area contributed by atoms with Crippen LogP contribution < -0.4 is 9.21 Å². The van der Waals surface area contributed by atoms with Gasteiger partial charge in [-0.1, -0.05) is 18.2 Å². The van der Waals surface area contributed by atoms with Gasteiger partial charge in [-0.25, -0.2) is 18.4 Å². The first kappa shape index (κ1) is 16.3. The van der Waals surface area contributed by atoms with Crippen LogP contribution in [-0.4, -0.2) is 43.3 Å². The van der Waals surface area contributed by atoms with E-state index in [-0.39, 0.29) is 0 Å². The van der Waals surface area contributed by atoms with E-state index < -0.39 is 15.3 Å². The summed E-state index contributed by atoms with van der Waals surface area (Å²) in [6.45, 7) is 3.71. The van der Waals surface area contributed by atoms with Crippen LogP contribution in [-0.2, 0) is 16.4 Å². The van der Waals surface area contributed by atoms with Crippen LogP contribution in [0, 0.1) is 6.92 Å². The highest BCUT2D eigenvalue weighted by Gasteiger charge is 2.38. The highest BCUT2D eigenvalue weighted by Crippen LogP contribution is 2.33. The van der Waals surface area contributed by atoms with Gasteiger partial charge in [-0.2, -0.15) is 0 Å². The predicted molar refractivity (Wildman–Crippen MR) is 98.4 cm³/mol. The highest BCUT2D eigenvalue weighted by molar-refractivity contribution is 7.93. The van der Waals surface area contributed by atoms with Crippen LogP contribution >= 0.6 is 0 Å². The number of rotatable bonds is 3. The van der Waals surface area contributed by atoms with Crippen molar-refractivity contribution in [3.63, 3.8) is 0 Å². The second-order valence-electron chi connectivity index (χ2n) is 6.70. The lowest BCUT2D eigenvalue weighted by atomic mass is 10.1. The molecule has 1 saturated heterocycles. The van der Waals surface area contributed by atoms with Crippen LogP contribution in [0.15, 0.2) is 36.5 Å². The van der Waals surface area contributed by atoms with Gasteiger partial charge < -0.3 is 4.90 Å². The standard InChI is InChI=1S/C18H22N4O2S/c1-14-8-10-19-18(20-14)21-11-4-6-16(13-21)25(23,24)22-12-9-15-5-2-3-7-17(15)22/h2-3,5,7-8,10,16H,4,6,9,11-13H2,1H3. The first-order valence-electron chi connectivity index (χ1n) is 8.70. The van der Waals surface area contributed by atoms with Crippen molar-refractivity contribution < 1.29 is 8.42 Å². The van der Waals surface area contributed by atoms with Crippen molar-refractivity contribution >= 4 is 21.7 Å². The Morgan fingerprint density at radius 3 is 2.84 bits per heavy atom. The minimum atomic E-state index is -3.39. The van der Waals surface area contributed by atoms with E-state index in [0.717, 1.165) is 36.3 Å². The van der Waals surface area contributed by atoms with E-state index in [1.165, 1.54) is 0 Å². The molecule has 2 aliphatic heterocycles. The Hall–Kier alpha value is -2.15. The third kappa shape index (κ3) is 2.97. The molecule has 2 aliphatic rings. The van der Waals surface area contributed by atoms with E-state index >= 15 is 0 Å². The van der Waals surface area contributed by atoms with E-state index in [0.29, 0.717) is 25.5 Å². The summed E-state index contributed by atoms with van der Waals surface area (Å²) in [5.41, 5.74) is 2.84. The third-order valence-corrected chi connectivity index (χ3v) is 7.24. The molecule has 0 bridgehead atoms. The maximum atomic E-state index is 13.3. The van der Waals surface area contributed by atoms with Crippen LogP contribution in [0.3, 0.4) is 0 Å². The average Bonchev–Trinajstić information content (AvgIpc) is 3.07. The summed E-state index contributed by atoms with van der Waals surface area (Å²) in [4.78, 5) is 10.8. The molecule has 0 spiro atoms. The average molecular weight is 358 g/mol. The van der Waals surface area contributed by atoms with Crippen LogP contribution in [0.1, 0.15) is 24.1 Å². The van der Waals surface area contributed by atoms with Gasteiger partial charge in [-0.15, -0.1) is 0 Å². The molecule has 2 aromatic rings. The number of hydrogen-bond acceptors (Lipinski definition) is 5. The fraction of sp³-hybridized carbons (Fsp3) is 0.444. The zero-order valence-corrected chi connectivity index (χ0v) is 15.1. The molecule has 1 aromatic heterocycles. The summed E-state index contributed by atoms with van der Waals surface area (Å²) in [5, 5.41) is -0.420. The number of aryl methyl sites for hydroxylation is 1. The molecule has 1 unspecified atom stereocenters. The zero-order chi connectivity index (χ0) is 17.4. The van der Waals surface area contributed by atoms with E-state index in [2.05, 4.69) is 9.97 Å². The number of para-hydroxylation sites is 1. The maximum absolute atomic E-state index is 13.3. The first-order chi connectivity index (χ1) is 12.1. The Bertz CT molecular complexity index is 884. The third-order valence-electron chi connectivity index (χ3n) is 5.02. The van der Waals surface area contributed by atoms with E-state index in [4.69, 9.17) is 0 Å². The molecule has 0 radical (unpaired) electrons. The number of fused-ring (bicyclic) bond motifs is 1. The van der Waals surface area contributed by atoms with Gasteiger partial charge in [-0.3, -0.25) is 4.31 Å². The van der Waals surface area contributed by atoms with Gasteiger partial charge in [0, 0.05) is 31.5 Å². The topological polar surface area (TPSA) is 66.4 Å². The molecule has 0 amide bonds. The smallest absolute Gasteiger partial charge is 0.239 e. The van der Waals surface area contributed by atoms with Crippen molar-refractivity contribution in [2.24, 2.45) is 0 Å². The lowest BCUT2D eigenvalue weighted by Gasteiger charge is -2.35. The first-order valence-corrected chi connectivity index (χ1v) is 10.2. The van der Waals surface area contributed by atoms with Crippen molar-refractivity contribution in [2.45, 2.75) is 31.4 Å². The predicted octanol–water partition coefficient (Wildman–Crippen LogP) is 2.15. The van der Waals surface area contributed by atoms with Gasteiger partial charge in [0.25, 0.3) is 0 Å². The lowest BCUT2D eigenvalue weighted by molar-refractivity contribution is 0.525. The second-order valence-corrected chi connectivity index (χ2v) is 8.84. The molecule has 0 aliphatic carbocycles. The number of anilines is 2. The molecule has 3 heterocycles. The molecular weight excluding hydrogens is 336 g/mol. The molecular formula is C18H22N4O2S. The van der Waals surface area contributed by atoms with Crippen LogP contribution in [0.25, 0.3) is 0 Å². The van der Waals surface area contributed by atoms with Gasteiger partial charge in [0.1, 0.15) is 0 Å². The maximum Gasteiger partial charge on any atom is 0.239 e. The Morgan fingerprint density at radius 1 is 1.16 bits per heavy atom. The normalized spacial score (nSPS) is 20.6. The van der Waals surface area contributed by atoms with Crippen LogP contribution in [0.2, 0.25) is 0 Å².